The molecule has 0 aromatic rings. The van der Waals surface area contributed by atoms with Crippen molar-refractivity contribution in [2.75, 3.05) is 39.6 Å². The third-order valence-electron chi connectivity index (χ3n) is 16.3. The monoisotopic (exact) mass is 1570 g/mol. The van der Waals surface area contributed by atoms with Gasteiger partial charge in [-0.25, -0.2) is 9.13 Å². The third-order valence-corrected chi connectivity index (χ3v) is 18.2. The summed E-state index contributed by atoms with van der Waals surface area (Å²) in [7, 11) is -10.0. The molecule has 0 saturated heterocycles. The largest absolute Gasteiger partial charge is 0.472 e. The Labute approximate surface area is 665 Å². The van der Waals surface area contributed by atoms with Crippen LogP contribution in [-0.4, -0.2) is 96.7 Å². The predicted octanol–water partition coefficient (Wildman–Crippen LogP) is 24.7. The number of carbonyl (C=O) groups is 4. The van der Waals surface area contributed by atoms with E-state index in [1.54, 1.807) is 12.2 Å². The molecule has 0 rings (SSSR count). The lowest BCUT2D eigenvalue weighted by Crippen LogP contribution is -2.30. The van der Waals surface area contributed by atoms with Crippen molar-refractivity contribution in [3.63, 3.8) is 0 Å². The van der Waals surface area contributed by atoms with E-state index >= 15 is 0 Å². The first kappa shape index (κ1) is 104. The van der Waals surface area contributed by atoms with E-state index in [2.05, 4.69) is 198 Å². The van der Waals surface area contributed by atoms with E-state index in [0.29, 0.717) is 32.1 Å². The fourth-order valence-electron chi connectivity index (χ4n) is 10.1. The van der Waals surface area contributed by atoms with Crippen molar-refractivity contribution >= 4 is 39.5 Å². The summed E-state index contributed by atoms with van der Waals surface area (Å²) in [5.74, 6) is -2.44. The van der Waals surface area contributed by atoms with Gasteiger partial charge in [0, 0.05) is 19.3 Å². The smallest absolute Gasteiger partial charge is 0.462 e. The molecule has 0 aromatic carbocycles. The molecule has 17 nitrogen and oxygen atoms in total. The summed E-state index contributed by atoms with van der Waals surface area (Å²) in [5.41, 5.74) is 0. The molecule has 0 spiro atoms. The van der Waals surface area contributed by atoms with Crippen molar-refractivity contribution in [1.29, 1.82) is 0 Å². The van der Waals surface area contributed by atoms with Crippen molar-refractivity contribution in [3.8, 4) is 0 Å². The number of phosphoric acid groups is 2. The number of rotatable bonds is 75. The normalized spacial score (nSPS) is 14.9. The highest BCUT2D eigenvalue weighted by atomic mass is 31.2. The quantitative estimate of drug-likeness (QED) is 0.0169. The molecule has 5 unspecified atom stereocenters. The molecule has 0 amide bonds. The van der Waals surface area contributed by atoms with Crippen molar-refractivity contribution in [2.24, 2.45) is 0 Å². The topological polar surface area (TPSA) is 237 Å². The molecule has 0 radical (unpaired) electrons. The number of carbonyl (C=O) groups excluding carboxylic acids is 4. The highest BCUT2D eigenvalue weighted by Gasteiger charge is 2.30. The maximum Gasteiger partial charge on any atom is 0.472 e. The van der Waals surface area contributed by atoms with Crippen LogP contribution in [-0.2, 0) is 65.4 Å². The van der Waals surface area contributed by atoms with Crippen LogP contribution in [0.2, 0.25) is 0 Å². The molecule has 5 atom stereocenters. The maximum atomic E-state index is 13.1. The summed E-state index contributed by atoms with van der Waals surface area (Å²) < 4.78 is 68.5. The van der Waals surface area contributed by atoms with E-state index in [0.717, 1.165) is 180 Å². The Morgan fingerprint density at radius 1 is 0.273 bits per heavy atom. The zero-order chi connectivity index (χ0) is 80.3. The highest BCUT2D eigenvalue weighted by molar-refractivity contribution is 7.47. The number of esters is 4. The Kier molecular flexibility index (Phi) is 76.0. The number of phosphoric ester groups is 2. The fraction of sp³-hybridized carbons (Fsp3) is 0.582. The second-order valence-corrected chi connectivity index (χ2v) is 29.5. The Bertz CT molecular complexity index is 2900. The van der Waals surface area contributed by atoms with Crippen molar-refractivity contribution in [2.45, 2.75) is 303 Å². The van der Waals surface area contributed by atoms with Crippen LogP contribution in [0.3, 0.4) is 0 Å². The van der Waals surface area contributed by atoms with Gasteiger partial charge in [0.2, 0.25) is 0 Å². The molecule has 0 aliphatic heterocycles. The van der Waals surface area contributed by atoms with Gasteiger partial charge in [0.1, 0.15) is 19.3 Å². The van der Waals surface area contributed by atoms with Gasteiger partial charge < -0.3 is 33.8 Å². The second kappa shape index (κ2) is 80.7. The van der Waals surface area contributed by atoms with E-state index < -0.39 is 97.5 Å². The lowest BCUT2D eigenvalue weighted by Gasteiger charge is -2.21. The minimum atomic E-state index is -5.02. The summed E-state index contributed by atoms with van der Waals surface area (Å²) in [6.45, 7) is 4.27. The van der Waals surface area contributed by atoms with E-state index in [4.69, 9.17) is 37.0 Å². The first-order chi connectivity index (χ1) is 53.7. The summed E-state index contributed by atoms with van der Waals surface area (Å²) in [6.07, 6.45) is 101. The number of aliphatic hydroxyl groups excluding tert-OH is 1. The number of ether oxygens (including phenoxy) is 4. The van der Waals surface area contributed by atoms with E-state index in [9.17, 15) is 43.2 Å². The van der Waals surface area contributed by atoms with Gasteiger partial charge >= 0.3 is 39.5 Å². The molecule has 0 aliphatic rings. The minimum Gasteiger partial charge on any atom is -0.462 e. The van der Waals surface area contributed by atoms with E-state index in [1.807, 2.05) is 24.3 Å². The Morgan fingerprint density at radius 3 is 0.836 bits per heavy atom. The number of aliphatic hydroxyl groups is 1. The molecular weight excluding hydrogens is 1430 g/mol. The zero-order valence-electron chi connectivity index (χ0n) is 67.8. The number of unbranched alkanes of at least 4 members (excludes halogenated alkanes) is 16. The van der Waals surface area contributed by atoms with E-state index in [1.165, 1.54) is 19.3 Å². The maximum absolute atomic E-state index is 13.1. The number of allylic oxidation sites excluding steroid dienone is 33. The van der Waals surface area contributed by atoms with Gasteiger partial charge in [-0.1, -0.05) is 298 Å². The van der Waals surface area contributed by atoms with Crippen LogP contribution in [0.15, 0.2) is 207 Å². The number of hydrogen-bond donors (Lipinski definition) is 3. The molecule has 0 bridgehead atoms. The van der Waals surface area contributed by atoms with Crippen molar-refractivity contribution in [1.82, 2.24) is 0 Å². The van der Waals surface area contributed by atoms with Gasteiger partial charge in [0.15, 0.2) is 12.2 Å². The standard InChI is InChI=1S/C91H144O17P2/c1-5-9-13-17-21-25-29-33-37-40-42-45-48-51-55-59-63-67-71-75-88(93)101-81-86(107-90(95)77-73-69-65-61-57-53-47-36-32-28-24-20-16-12-8-4)83-105-109(97,98)103-79-85(92)80-104-110(99,100)106-84-87(108-91(96)78-74-70-66-62-58-54-50-44-39-35-31-27-23-19-15-11-7-3)82-102-89(94)76-72-68-64-60-56-52-49-46-43-41-38-34-30-26-22-18-14-10-6-2/h9,11-13,15-16,21-28,33-39,42-43,45-47,50,54,57,61-62,66,69,73,85-87,92H,5-8,10,14,17-20,29-32,40-41,44,48-49,51-53,55-56,58-60,63-65,67-68,70-72,74-84H2,1-4H3,(H,97,98)(H,99,100)/b13-9-,15-11-,16-12-,25-21-,26-22-,27-23-,28-24-,37-33-,38-34-,39-35-,45-42-,46-43-,47-36-,54-50-,61-57-,66-62-,73-69-. The first-order valence-electron chi connectivity index (χ1n) is 41.3. The first-order valence-corrected chi connectivity index (χ1v) is 44.3. The van der Waals surface area contributed by atoms with Crippen LogP contribution in [0.5, 0.6) is 0 Å². The molecule has 110 heavy (non-hydrogen) atoms. The average Bonchev–Trinajstić information content (AvgIpc) is 0.906. The molecule has 620 valence electrons. The van der Waals surface area contributed by atoms with Crippen molar-refractivity contribution < 1.29 is 80.2 Å². The predicted molar refractivity (Wildman–Crippen MR) is 454 cm³/mol. The van der Waals surface area contributed by atoms with Crippen LogP contribution >= 0.6 is 15.6 Å². The zero-order valence-corrected chi connectivity index (χ0v) is 69.6. The van der Waals surface area contributed by atoms with Gasteiger partial charge in [-0.2, -0.15) is 0 Å². The van der Waals surface area contributed by atoms with Gasteiger partial charge in [0.25, 0.3) is 0 Å². The lowest BCUT2D eigenvalue weighted by molar-refractivity contribution is -0.161. The molecule has 0 aliphatic carbocycles. The van der Waals surface area contributed by atoms with Gasteiger partial charge in [-0.05, 0) is 167 Å². The van der Waals surface area contributed by atoms with Crippen LogP contribution in [0, 0.1) is 0 Å². The van der Waals surface area contributed by atoms with Gasteiger partial charge in [-0.15, -0.1) is 0 Å². The minimum absolute atomic E-state index is 0.00256. The summed E-state index contributed by atoms with van der Waals surface area (Å²) in [5, 5.41) is 10.7. The Balaban J connectivity index is 5.53. The van der Waals surface area contributed by atoms with Gasteiger partial charge in [-0.3, -0.25) is 37.3 Å². The SMILES string of the molecule is CC/C=C\C/C=C\C/C=C\C/C=C\C/C=C\CCCC(=O)OC(COC(=O)CCCCCCCC/C=C\C/C=C\C/C=C\CCCCC)COP(=O)(O)OCC(O)COP(=O)(O)OCC(COC(=O)CCCCCCCC/C=C\C/C=C\C/C=C\C/C=C\CC)OC(=O)C/C=C\C/C=C\C/C=C\C/C=C\C/C=C\CC. The van der Waals surface area contributed by atoms with Crippen LogP contribution in [0.1, 0.15) is 285 Å². The summed E-state index contributed by atoms with van der Waals surface area (Å²) >= 11 is 0. The van der Waals surface area contributed by atoms with E-state index in [-0.39, 0.29) is 25.7 Å². The molecule has 0 heterocycles. The molecule has 19 heteroatoms. The molecule has 0 saturated carbocycles. The lowest BCUT2D eigenvalue weighted by atomic mass is 10.1. The van der Waals surface area contributed by atoms with Crippen LogP contribution < -0.4 is 0 Å². The molecule has 0 fully saturated rings. The van der Waals surface area contributed by atoms with Crippen molar-refractivity contribution in [3.05, 3.63) is 207 Å². The van der Waals surface area contributed by atoms with Gasteiger partial charge in [0.05, 0.1) is 32.8 Å². The molecule has 0 aromatic heterocycles. The number of hydrogen-bond acceptors (Lipinski definition) is 15. The van der Waals surface area contributed by atoms with Crippen LogP contribution in [0.25, 0.3) is 0 Å². The second-order valence-electron chi connectivity index (χ2n) is 26.6. The molecule has 3 N–H and O–H groups in total. The fourth-order valence-corrected chi connectivity index (χ4v) is 11.7. The summed E-state index contributed by atoms with van der Waals surface area (Å²) in [6, 6.07) is 0. The Morgan fingerprint density at radius 2 is 0.518 bits per heavy atom. The molecular formula is C91H144O17P2. The third kappa shape index (κ3) is 79.7. The average molecular weight is 1570 g/mol. The summed E-state index contributed by atoms with van der Waals surface area (Å²) in [4.78, 5) is 73.1. The Hall–Kier alpha value is -6.36. The highest BCUT2D eigenvalue weighted by Crippen LogP contribution is 2.45. The van der Waals surface area contributed by atoms with Crippen LogP contribution in [0.4, 0.5) is 0 Å².